The van der Waals surface area contributed by atoms with Crippen LogP contribution in [0.15, 0.2) is 132 Å². The maximum atomic E-state index is 13.4. The molecule has 0 bridgehead atoms. The van der Waals surface area contributed by atoms with E-state index in [1.165, 1.54) is 18.2 Å². The van der Waals surface area contributed by atoms with Crippen molar-refractivity contribution in [1.82, 2.24) is 0 Å². The Labute approximate surface area is 256 Å². The van der Waals surface area contributed by atoms with Gasteiger partial charge in [0.1, 0.15) is 11.5 Å². The molecular weight excluding hydrogens is 610 g/mol. The molecule has 0 aromatic heterocycles. The number of carbonyl (C=O) groups is 2. The second-order valence-corrected chi connectivity index (χ2v) is 10.4. The summed E-state index contributed by atoms with van der Waals surface area (Å²) in [6.07, 6.45) is -0.262. The van der Waals surface area contributed by atoms with Crippen molar-refractivity contribution in [2.24, 2.45) is 0 Å². The van der Waals surface area contributed by atoms with Crippen LogP contribution in [0.5, 0.6) is 11.5 Å². The molecule has 0 unspecified atom stereocenters. The van der Waals surface area contributed by atoms with Crippen LogP contribution in [-0.4, -0.2) is 23.2 Å². The molecule has 0 saturated heterocycles. The number of amides is 2. The summed E-state index contributed by atoms with van der Waals surface area (Å²) in [5.74, 6) is -0.137. The number of carbonyl (C=O) groups excluding carboxylic acids is 2. The number of nitrogen functional groups attached to an aromatic ring is 1. The number of halogens is 1. The number of fused-ring (bicyclic) bond motifs is 1. The Morgan fingerprint density at radius 1 is 0.814 bits per heavy atom. The Morgan fingerprint density at radius 3 is 2.33 bits per heavy atom. The molecule has 43 heavy (non-hydrogen) atoms. The molecule has 5 rings (SSSR count). The molecule has 2 atom stereocenters. The summed E-state index contributed by atoms with van der Waals surface area (Å²) in [5, 5.41) is 18.2. The number of hydrogen-bond acceptors (Lipinski definition) is 6. The fourth-order valence-corrected chi connectivity index (χ4v) is 4.85. The molecular formula is C34H28BrN3O5. The maximum Gasteiger partial charge on any atom is 0.412 e. The van der Waals surface area contributed by atoms with Gasteiger partial charge in [0.05, 0.1) is 17.1 Å². The topological polar surface area (TPSA) is 123 Å². The Balaban J connectivity index is 1.48. The lowest BCUT2D eigenvalue weighted by atomic mass is 10.0. The molecule has 5 N–H and O–H groups in total. The van der Waals surface area contributed by atoms with Crippen LogP contribution in [0.1, 0.15) is 11.7 Å². The zero-order valence-corrected chi connectivity index (χ0v) is 24.4. The summed E-state index contributed by atoms with van der Waals surface area (Å²) in [6, 6.07) is 33.7. The molecule has 0 fully saturated rings. The quantitative estimate of drug-likeness (QED) is 0.0965. The van der Waals surface area contributed by atoms with E-state index in [-0.39, 0.29) is 11.3 Å². The predicted molar refractivity (Wildman–Crippen MR) is 172 cm³/mol. The minimum atomic E-state index is -1.18. The van der Waals surface area contributed by atoms with Gasteiger partial charge in [-0.25, -0.2) is 4.79 Å². The average molecular weight is 639 g/mol. The number of nitrogens with two attached hydrogens (primary N) is 1. The van der Waals surface area contributed by atoms with E-state index >= 15 is 0 Å². The van der Waals surface area contributed by atoms with Gasteiger partial charge in [0.25, 0.3) is 0 Å². The Morgan fingerprint density at radius 2 is 1.51 bits per heavy atom. The zero-order chi connectivity index (χ0) is 30.2. The molecule has 0 heterocycles. The number of para-hydroxylation sites is 3. The van der Waals surface area contributed by atoms with Crippen molar-refractivity contribution in [2.45, 2.75) is 12.2 Å². The fourth-order valence-electron chi connectivity index (χ4n) is 4.48. The van der Waals surface area contributed by atoms with Gasteiger partial charge in [-0.2, -0.15) is 0 Å². The first-order chi connectivity index (χ1) is 20.9. The van der Waals surface area contributed by atoms with Gasteiger partial charge in [-0.1, -0.05) is 82.7 Å². The SMILES string of the molecule is Nc1ccccc1NC(=O)/C=C/[C@H](Oc1ccccc1)[C@@H](OC(=O)Nc1cccc2ccccc12)c1cc(Br)ccc1O. The molecule has 5 aromatic rings. The predicted octanol–water partition coefficient (Wildman–Crippen LogP) is 7.82. The zero-order valence-electron chi connectivity index (χ0n) is 22.8. The number of rotatable bonds is 9. The van der Waals surface area contributed by atoms with Crippen molar-refractivity contribution in [1.29, 1.82) is 0 Å². The van der Waals surface area contributed by atoms with E-state index in [1.54, 1.807) is 66.7 Å². The van der Waals surface area contributed by atoms with Gasteiger partial charge in [0.15, 0.2) is 12.2 Å². The number of nitrogens with one attached hydrogen (secondary N) is 2. The molecule has 0 aliphatic heterocycles. The summed E-state index contributed by atoms with van der Waals surface area (Å²) in [7, 11) is 0. The highest BCUT2D eigenvalue weighted by Crippen LogP contribution is 2.35. The van der Waals surface area contributed by atoms with Crippen LogP contribution in [0, 0.1) is 0 Å². The van der Waals surface area contributed by atoms with Crippen LogP contribution >= 0.6 is 15.9 Å². The number of phenolic OH excluding ortho intramolecular Hbond substituents is 1. The van der Waals surface area contributed by atoms with Crippen LogP contribution in [0.2, 0.25) is 0 Å². The minimum Gasteiger partial charge on any atom is -0.508 e. The molecule has 216 valence electrons. The van der Waals surface area contributed by atoms with Crippen molar-refractivity contribution in [3.63, 3.8) is 0 Å². The number of ether oxygens (including phenoxy) is 2. The van der Waals surface area contributed by atoms with Crippen LogP contribution in [0.4, 0.5) is 21.9 Å². The molecule has 8 nitrogen and oxygen atoms in total. The van der Waals surface area contributed by atoms with Crippen molar-refractivity contribution in [2.75, 3.05) is 16.4 Å². The summed E-state index contributed by atoms with van der Waals surface area (Å²) in [4.78, 5) is 26.3. The average Bonchev–Trinajstić information content (AvgIpc) is 3.01. The highest BCUT2D eigenvalue weighted by molar-refractivity contribution is 9.10. The van der Waals surface area contributed by atoms with Crippen molar-refractivity contribution in [3.05, 3.63) is 137 Å². The number of aromatic hydroxyl groups is 1. The Bertz CT molecular complexity index is 1770. The normalized spacial score (nSPS) is 12.4. The second-order valence-electron chi connectivity index (χ2n) is 9.51. The van der Waals surface area contributed by atoms with Gasteiger partial charge in [-0.3, -0.25) is 10.1 Å². The monoisotopic (exact) mass is 637 g/mol. The molecule has 5 aromatic carbocycles. The largest absolute Gasteiger partial charge is 0.508 e. The highest BCUT2D eigenvalue weighted by atomic mass is 79.9. The Kier molecular flexibility index (Phi) is 9.23. The standard InChI is InChI=1S/C34H28BrN3O5/c35-23-17-18-30(39)26(21-23)33(43-34(41)38-28-16-8-10-22-9-4-5-13-25(22)28)31(42-24-11-2-1-3-12-24)19-20-32(40)37-29-15-7-6-14-27(29)36/h1-21,31,33,39H,36H2,(H,37,40)(H,38,41)/b20-19+/t31-,33-/m0/s1. The van der Waals surface area contributed by atoms with E-state index in [0.29, 0.717) is 27.3 Å². The van der Waals surface area contributed by atoms with Gasteiger partial charge in [0, 0.05) is 21.5 Å². The smallest absolute Gasteiger partial charge is 0.412 e. The van der Waals surface area contributed by atoms with Gasteiger partial charge in [-0.05, 0) is 60.0 Å². The third-order valence-electron chi connectivity index (χ3n) is 6.53. The van der Waals surface area contributed by atoms with Crippen molar-refractivity contribution < 1.29 is 24.2 Å². The van der Waals surface area contributed by atoms with Gasteiger partial charge in [-0.15, -0.1) is 0 Å². The maximum absolute atomic E-state index is 13.4. The first kappa shape index (κ1) is 29.2. The van der Waals surface area contributed by atoms with Crippen LogP contribution < -0.4 is 21.1 Å². The summed E-state index contributed by atoms with van der Waals surface area (Å²) in [5.41, 5.74) is 7.65. The number of hydrogen-bond donors (Lipinski definition) is 4. The van der Waals surface area contributed by atoms with Gasteiger partial charge in [0.2, 0.25) is 5.91 Å². The van der Waals surface area contributed by atoms with E-state index in [4.69, 9.17) is 15.2 Å². The third-order valence-corrected chi connectivity index (χ3v) is 7.02. The highest BCUT2D eigenvalue weighted by Gasteiger charge is 2.30. The first-order valence-electron chi connectivity index (χ1n) is 13.4. The molecule has 0 saturated carbocycles. The lowest BCUT2D eigenvalue weighted by Gasteiger charge is -2.27. The third kappa shape index (κ3) is 7.52. The van der Waals surface area contributed by atoms with Crippen LogP contribution in [0.3, 0.4) is 0 Å². The molecule has 0 aliphatic rings. The molecule has 0 aliphatic carbocycles. The molecule has 2 amide bonds. The fraction of sp³-hybridized carbons (Fsp3) is 0.0588. The van der Waals surface area contributed by atoms with E-state index in [1.807, 2.05) is 42.5 Å². The molecule has 0 radical (unpaired) electrons. The summed E-state index contributed by atoms with van der Waals surface area (Å²) >= 11 is 3.43. The number of anilines is 3. The summed E-state index contributed by atoms with van der Waals surface area (Å²) in [6.45, 7) is 0. The molecule has 0 spiro atoms. The lowest BCUT2D eigenvalue weighted by Crippen LogP contribution is -2.30. The lowest BCUT2D eigenvalue weighted by molar-refractivity contribution is -0.112. The van der Waals surface area contributed by atoms with Crippen LogP contribution in [0.25, 0.3) is 10.8 Å². The Hall–Kier alpha value is -5.28. The number of benzene rings is 5. The second kappa shape index (κ2) is 13.6. The van der Waals surface area contributed by atoms with Crippen molar-refractivity contribution >= 4 is 55.8 Å². The van der Waals surface area contributed by atoms with E-state index in [9.17, 15) is 14.7 Å². The van der Waals surface area contributed by atoms with Gasteiger partial charge < -0.3 is 25.6 Å². The first-order valence-corrected chi connectivity index (χ1v) is 14.2. The van der Waals surface area contributed by atoms with E-state index < -0.39 is 24.2 Å². The minimum absolute atomic E-state index is 0.122. The van der Waals surface area contributed by atoms with Crippen molar-refractivity contribution in [3.8, 4) is 11.5 Å². The van der Waals surface area contributed by atoms with Crippen LogP contribution in [-0.2, 0) is 9.53 Å². The van der Waals surface area contributed by atoms with E-state index in [0.717, 1.165) is 10.8 Å². The summed E-state index contributed by atoms with van der Waals surface area (Å²) < 4.78 is 12.9. The number of phenols is 1. The molecule has 9 heteroatoms. The van der Waals surface area contributed by atoms with E-state index in [2.05, 4.69) is 26.6 Å². The van der Waals surface area contributed by atoms with Gasteiger partial charge >= 0.3 is 6.09 Å².